The minimum absolute atomic E-state index is 0.0350. The fourth-order valence-corrected chi connectivity index (χ4v) is 3.59. The topological polar surface area (TPSA) is 9.23 Å². The Kier molecular flexibility index (Phi) is 5.60. The number of hydrogen-bond donors (Lipinski definition) is 0. The zero-order valence-corrected chi connectivity index (χ0v) is 17.4. The molecule has 0 aliphatic rings. The Morgan fingerprint density at radius 3 is 2.16 bits per heavy atom. The second-order valence-corrected chi connectivity index (χ2v) is 10.1. The standard InChI is InChI=1S/C23H28OSi/c1-9-18-14-15-20(23(4,5)6)21(22(18)24-25(7)8)17(3)19-12-10-16(2)11-13-19/h1,10-15,25H,3H2,2,4-8H3. The normalized spacial score (nSPS) is 11.3. The monoisotopic (exact) mass is 348 g/mol. The van der Waals surface area contributed by atoms with Gasteiger partial charge >= 0.3 is 0 Å². The van der Waals surface area contributed by atoms with Crippen molar-refractivity contribution in [2.45, 2.75) is 46.2 Å². The molecule has 1 nitrogen and oxygen atoms in total. The largest absolute Gasteiger partial charge is 0.546 e. The molecule has 2 aromatic carbocycles. The van der Waals surface area contributed by atoms with Crippen molar-refractivity contribution >= 4 is 14.6 Å². The van der Waals surface area contributed by atoms with Gasteiger partial charge in [0, 0.05) is 5.56 Å². The molecule has 25 heavy (non-hydrogen) atoms. The van der Waals surface area contributed by atoms with Crippen LogP contribution in [0.5, 0.6) is 5.75 Å². The highest BCUT2D eigenvalue weighted by Crippen LogP contribution is 2.40. The highest BCUT2D eigenvalue weighted by Gasteiger charge is 2.25. The van der Waals surface area contributed by atoms with E-state index in [2.05, 4.69) is 83.6 Å². The second-order valence-electron chi connectivity index (χ2n) is 7.77. The minimum Gasteiger partial charge on any atom is -0.546 e. The Bertz CT molecular complexity index is 815. The van der Waals surface area contributed by atoms with Crippen LogP contribution in [-0.2, 0) is 5.41 Å². The smallest absolute Gasteiger partial charge is 0.229 e. The molecule has 130 valence electrons. The van der Waals surface area contributed by atoms with Gasteiger partial charge in [0.15, 0.2) is 0 Å². The summed E-state index contributed by atoms with van der Waals surface area (Å²) in [5.41, 5.74) is 6.32. The van der Waals surface area contributed by atoms with E-state index in [1.165, 1.54) is 11.1 Å². The average molecular weight is 349 g/mol. The molecule has 0 N–H and O–H groups in total. The first-order valence-corrected chi connectivity index (χ1v) is 11.5. The zero-order chi connectivity index (χ0) is 18.8. The van der Waals surface area contributed by atoms with Gasteiger partial charge in [-0.1, -0.05) is 69.2 Å². The molecule has 0 fully saturated rings. The minimum atomic E-state index is -1.32. The van der Waals surface area contributed by atoms with E-state index in [1.807, 2.05) is 6.07 Å². The Labute approximate surface area is 154 Å². The summed E-state index contributed by atoms with van der Waals surface area (Å²) in [4.78, 5) is 0. The first-order chi connectivity index (χ1) is 11.6. The van der Waals surface area contributed by atoms with Crippen molar-refractivity contribution in [3.05, 3.63) is 70.8 Å². The molecule has 2 aromatic rings. The van der Waals surface area contributed by atoms with Gasteiger partial charge in [0.25, 0.3) is 0 Å². The fraction of sp³-hybridized carbons (Fsp3) is 0.304. The van der Waals surface area contributed by atoms with Crippen LogP contribution >= 0.6 is 0 Å². The van der Waals surface area contributed by atoms with Gasteiger partial charge in [-0.15, -0.1) is 6.42 Å². The highest BCUT2D eigenvalue weighted by molar-refractivity contribution is 6.49. The van der Waals surface area contributed by atoms with E-state index >= 15 is 0 Å². The van der Waals surface area contributed by atoms with Crippen LogP contribution in [0, 0.1) is 19.3 Å². The summed E-state index contributed by atoms with van der Waals surface area (Å²) in [6.45, 7) is 17.4. The number of rotatable bonds is 4. The van der Waals surface area contributed by atoms with Crippen molar-refractivity contribution in [1.29, 1.82) is 0 Å². The zero-order valence-electron chi connectivity index (χ0n) is 16.2. The third-order valence-corrected chi connectivity index (χ3v) is 4.88. The molecule has 2 rings (SSSR count). The third kappa shape index (κ3) is 4.24. The highest BCUT2D eigenvalue weighted by atomic mass is 28.3. The molecule has 0 heterocycles. The summed E-state index contributed by atoms with van der Waals surface area (Å²) in [6, 6.07) is 12.6. The van der Waals surface area contributed by atoms with Crippen LogP contribution in [0.3, 0.4) is 0 Å². The maximum atomic E-state index is 6.31. The fourth-order valence-electron chi connectivity index (χ4n) is 2.88. The van der Waals surface area contributed by atoms with Crippen molar-refractivity contribution in [2.24, 2.45) is 0 Å². The van der Waals surface area contributed by atoms with Crippen molar-refractivity contribution < 1.29 is 4.43 Å². The van der Waals surface area contributed by atoms with Crippen LogP contribution in [0.1, 0.15) is 48.6 Å². The predicted molar refractivity (Wildman–Crippen MR) is 112 cm³/mol. The van der Waals surface area contributed by atoms with Crippen LogP contribution in [0.2, 0.25) is 13.1 Å². The predicted octanol–water partition coefficient (Wildman–Crippen LogP) is 5.70. The molecule has 2 heteroatoms. The number of terminal acetylenes is 1. The molecule has 0 bridgehead atoms. The molecule has 0 aromatic heterocycles. The van der Waals surface area contributed by atoms with Crippen molar-refractivity contribution in [3.63, 3.8) is 0 Å². The SMILES string of the molecule is C#Cc1ccc(C(C)(C)C)c(C(=C)c2ccc(C)cc2)c1O[SiH](C)C. The van der Waals surface area contributed by atoms with Gasteiger partial charge in [-0.05, 0) is 48.2 Å². The second kappa shape index (κ2) is 7.33. The van der Waals surface area contributed by atoms with E-state index in [4.69, 9.17) is 10.8 Å². The molecule has 0 aliphatic heterocycles. The van der Waals surface area contributed by atoms with E-state index < -0.39 is 9.04 Å². The van der Waals surface area contributed by atoms with Crippen LogP contribution in [0.4, 0.5) is 0 Å². The summed E-state index contributed by atoms with van der Waals surface area (Å²) in [6.07, 6.45) is 5.77. The average Bonchev–Trinajstić information content (AvgIpc) is 2.53. The van der Waals surface area contributed by atoms with Gasteiger partial charge in [0.1, 0.15) is 5.75 Å². The van der Waals surface area contributed by atoms with Crippen molar-refractivity contribution in [1.82, 2.24) is 0 Å². The molecule has 0 saturated heterocycles. The maximum Gasteiger partial charge on any atom is 0.229 e. The van der Waals surface area contributed by atoms with Crippen LogP contribution in [0.15, 0.2) is 43.0 Å². The number of aryl methyl sites for hydroxylation is 1. The molecular weight excluding hydrogens is 320 g/mol. The van der Waals surface area contributed by atoms with E-state index in [0.29, 0.717) is 0 Å². The molecule has 0 atom stereocenters. The van der Waals surface area contributed by atoms with Gasteiger partial charge in [0.05, 0.1) is 5.56 Å². The summed E-state index contributed by atoms with van der Waals surface area (Å²) < 4.78 is 6.31. The molecule has 0 spiro atoms. The lowest BCUT2D eigenvalue weighted by molar-refractivity contribution is 0.556. The van der Waals surface area contributed by atoms with E-state index in [9.17, 15) is 0 Å². The van der Waals surface area contributed by atoms with Crippen molar-refractivity contribution in [3.8, 4) is 18.1 Å². The first kappa shape index (κ1) is 19.1. The van der Waals surface area contributed by atoms with Crippen LogP contribution < -0.4 is 4.43 Å². The lowest BCUT2D eigenvalue weighted by atomic mass is 9.79. The molecule has 0 aliphatic carbocycles. The Morgan fingerprint density at radius 1 is 1.08 bits per heavy atom. The van der Waals surface area contributed by atoms with Gasteiger partial charge in [-0.2, -0.15) is 0 Å². The molecular formula is C23H28OSi. The summed E-state index contributed by atoms with van der Waals surface area (Å²) in [5.74, 6) is 3.61. The lowest BCUT2D eigenvalue weighted by Gasteiger charge is -2.28. The molecule has 0 amide bonds. The first-order valence-electron chi connectivity index (χ1n) is 8.72. The molecule has 0 saturated carbocycles. The number of hydrogen-bond acceptors (Lipinski definition) is 1. The van der Waals surface area contributed by atoms with Crippen LogP contribution in [-0.4, -0.2) is 9.04 Å². The van der Waals surface area contributed by atoms with Gasteiger partial charge in [-0.25, -0.2) is 0 Å². The van der Waals surface area contributed by atoms with Gasteiger partial charge in [0.2, 0.25) is 9.04 Å². The number of benzene rings is 2. The Hall–Kier alpha value is -2.24. The van der Waals surface area contributed by atoms with Gasteiger partial charge in [-0.3, -0.25) is 0 Å². The third-order valence-electron chi connectivity index (χ3n) is 4.18. The summed E-state index contributed by atoms with van der Waals surface area (Å²) in [5, 5.41) is 0. The molecule has 0 radical (unpaired) electrons. The van der Waals surface area contributed by atoms with Crippen molar-refractivity contribution in [2.75, 3.05) is 0 Å². The van der Waals surface area contributed by atoms with E-state index in [1.54, 1.807) is 0 Å². The molecule has 0 unspecified atom stereocenters. The maximum absolute atomic E-state index is 6.31. The summed E-state index contributed by atoms with van der Waals surface area (Å²) in [7, 11) is -1.32. The summed E-state index contributed by atoms with van der Waals surface area (Å²) >= 11 is 0. The van der Waals surface area contributed by atoms with E-state index in [0.717, 1.165) is 28.0 Å². The van der Waals surface area contributed by atoms with Gasteiger partial charge < -0.3 is 4.43 Å². The van der Waals surface area contributed by atoms with Crippen LogP contribution in [0.25, 0.3) is 5.57 Å². The quantitative estimate of drug-likeness (QED) is 0.509. The Balaban J connectivity index is 2.76. The Morgan fingerprint density at radius 2 is 1.68 bits per heavy atom. The van der Waals surface area contributed by atoms with E-state index in [-0.39, 0.29) is 5.41 Å². The lowest BCUT2D eigenvalue weighted by Crippen LogP contribution is -2.19.